The average molecular weight is 460 g/mol. The van der Waals surface area contributed by atoms with Gasteiger partial charge in [0, 0.05) is 43.5 Å². The zero-order valence-corrected chi connectivity index (χ0v) is 18.7. The maximum absolute atomic E-state index is 5.70. The van der Waals surface area contributed by atoms with Crippen molar-refractivity contribution in [2.75, 3.05) is 20.2 Å². The van der Waals surface area contributed by atoms with Crippen LogP contribution in [0.15, 0.2) is 23.3 Å². The molecule has 2 unspecified atom stereocenters. The summed E-state index contributed by atoms with van der Waals surface area (Å²) in [6, 6.07) is 4.53. The fraction of sp³-hybridized carbons (Fsp3) is 0.684. The van der Waals surface area contributed by atoms with Crippen molar-refractivity contribution >= 4 is 29.9 Å². The Labute approximate surface area is 169 Å². The third-order valence-corrected chi connectivity index (χ3v) is 5.58. The Balaban J connectivity index is 0.00000312. The molecule has 2 atom stereocenters. The molecule has 0 radical (unpaired) electrons. The lowest BCUT2D eigenvalue weighted by atomic mass is 9.56. The molecule has 2 rings (SSSR count). The Hall–Kier alpha value is -0.890. The Bertz CT molecular complexity index is 573. The number of hydrogen-bond acceptors (Lipinski definition) is 3. The molecule has 2 N–H and O–H groups in total. The molecule has 1 aliphatic carbocycles. The largest absolute Gasteiger partial charge is 0.378 e. The number of halogens is 1. The van der Waals surface area contributed by atoms with Gasteiger partial charge in [0.05, 0.1) is 5.60 Å². The molecule has 5 nitrogen and oxygen atoms in total. The standard InChI is InChI=1S/C19H32N4O.HI/c1-7-20-17(21-11-10-15-9-8-14(2)22-13-15)23-16-12-19(5,24-6)18(16,3)4;/h8-9,13,16H,7,10-12H2,1-6H3,(H2,20,21,23);1H. The highest BCUT2D eigenvalue weighted by molar-refractivity contribution is 14.0. The van der Waals surface area contributed by atoms with Crippen LogP contribution in [0.2, 0.25) is 0 Å². The SMILES string of the molecule is CCNC(=NCCc1ccc(C)nc1)NC1CC(C)(OC)C1(C)C.I. The highest BCUT2D eigenvalue weighted by Crippen LogP contribution is 2.51. The first kappa shape index (κ1) is 22.2. The molecule has 0 aliphatic heterocycles. The Morgan fingerprint density at radius 2 is 2.08 bits per heavy atom. The molecule has 6 heteroatoms. The van der Waals surface area contributed by atoms with E-state index in [9.17, 15) is 0 Å². The van der Waals surface area contributed by atoms with E-state index in [4.69, 9.17) is 9.73 Å². The maximum Gasteiger partial charge on any atom is 0.191 e. The number of aromatic nitrogens is 1. The number of nitrogens with one attached hydrogen (secondary N) is 2. The molecule has 1 aliphatic rings. The topological polar surface area (TPSA) is 58.5 Å². The maximum atomic E-state index is 5.70. The van der Waals surface area contributed by atoms with Crippen LogP contribution < -0.4 is 10.6 Å². The average Bonchev–Trinajstić information content (AvgIpc) is 2.56. The number of aryl methyl sites for hydroxylation is 1. The van der Waals surface area contributed by atoms with E-state index in [2.05, 4.69) is 49.4 Å². The van der Waals surface area contributed by atoms with E-state index in [0.717, 1.165) is 37.6 Å². The second-order valence-corrected chi connectivity index (χ2v) is 7.38. The number of hydrogen-bond donors (Lipinski definition) is 2. The van der Waals surface area contributed by atoms with Crippen molar-refractivity contribution in [3.8, 4) is 0 Å². The third-order valence-electron chi connectivity index (χ3n) is 5.58. The summed E-state index contributed by atoms with van der Waals surface area (Å²) in [5, 5.41) is 6.92. The van der Waals surface area contributed by atoms with Crippen LogP contribution in [0.5, 0.6) is 0 Å². The number of guanidine groups is 1. The minimum atomic E-state index is -0.0738. The van der Waals surface area contributed by atoms with E-state index in [1.54, 1.807) is 7.11 Å². The summed E-state index contributed by atoms with van der Waals surface area (Å²) in [6.07, 6.45) is 3.82. The first-order chi connectivity index (χ1) is 11.3. The van der Waals surface area contributed by atoms with Gasteiger partial charge in [-0.3, -0.25) is 9.98 Å². The minimum Gasteiger partial charge on any atom is -0.378 e. The van der Waals surface area contributed by atoms with Crippen molar-refractivity contribution in [3.63, 3.8) is 0 Å². The van der Waals surface area contributed by atoms with Gasteiger partial charge in [-0.15, -0.1) is 24.0 Å². The molecule has 1 fully saturated rings. The van der Waals surface area contributed by atoms with Crippen LogP contribution in [0.3, 0.4) is 0 Å². The molecule has 25 heavy (non-hydrogen) atoms. The van der Waals surface area contributed by atoms with E-state index in [-0.39, 0.29) is 35.0 Å². The van der Waals surface area contributed by atoms with Crippen molar-refractivity contribution in [1.82, 2.24) is 15.6 Å². The number of methoxy groups -OCH3 is 1. The Morgan fingerprint density at radius 3 is 2.60 bits per heavy atom. The van der Waals surface area contributed by atoms with Gasteiger partial charge >= 0.3 is 0 Å². The van der Waals surface area contributed by atoms with Crippen molar-refractivity contribution in [2.24, 2.45) is 10.4 Å². The predicted octanol–water partition coefficient (Wildman–Crippen LogP) is 3.31. The molecule has 142 valence electrons. The van der Waals surface area contributed by atoms with Crippen LogP contribution in [0.25, 0.3) is 0 Å². The highest BCUT2D eigenvalue weighted by atomic mass is 127. The molecule has 0 amide bonds. The quantitative estimate of drug-likeness (QED) is 0.389. The molecule has 0 spiro atoms. The van der Waals surface area contributed by atoms with Gasteiger partial charge in [0.25, 0.3) is 0 Å². The molecular weight excluding hydrogens is 427 g/mol. The van der Waals surface area contributed by atoms with Crippen LogP contribution >= 0.6 is 24.0 Å². The Kier molecular flexibility index (Phi) is 8.12. The van der Waals surface area contributed by atoms with Gasteiger partial charge in [0.1, 0.15) is 0 Å². The molecule has 1 aromatic heterocycles. The van der Waals surface area contributed by atoms with Gasteiger partial charge in [-0.25, -0.2) is 0 Å². The monoisotopic (exact) mass is 460 g/mol. The summed E-state index contributed by atoms with van der Waals surface area (Å²) in [5.74, 6) is 0.883. The second-order valence-electron chi connectivity index (χ2n) is 7.38. The second kappa shape index (κ2) is 9.16. The van der Waals surface area contributed by atoms with Gasteiger partial charge in [-0.05, 0) is 45.2 Å². The number of rotatable bonds is 6. The summed E-state index contributed by atoms with van der Waals surface area (Å²) in [6.45, 7) is 12.4. The fourth-order valence-electron chi connectivity index (χ4n) is 3.15. The van der Waals surface area contributed by atoms with Crippen LogP contribution in [0.1, 0.15) is 45.4 Å². The first-order valence-corrected chi connectivity index (χ1v) is 8.84. The molecule has 0 saturated heterocycles. The van der Waals surface area contributed by atoms with Crippen LogP contribution in [-0.4, -0.2) is 42.8 Å². The molecule has 0 aromatic carbocycles. The summed E-state index contributed by atoms with van der Waals surface area (Å²) < 4.78 is 5.70. The lowest BCUT2D eigenvalue weighted by molar-refractivity contribution is -0.176. The fourth-order valence-corrected chi connectivity index (χ4v) is 3.15. The molecule has 1 heterocycles. The van der Waals surface area contributed by atoms with Crippen molar-refractivity contribution in [1.29, 1.82) is 0 Å². The summed E-state index contributed by atoms with van der Waals surface area (Å²) in [5.41, 5.74) is 2.26. The molecule has 1 aromatic rings. The normalized spacial score (nSPS) is 24.9. The Morgan fingerprint density at radius 1 is 1.36 bits per heavy atom. The van der Waals surface area contributed by atoms with Crippen LogP contribution in [0, 0.1) is 12.3 Å². The van der Waals surface area contributed by atoms with Gasteiger partial charge in [0.2, 0.25) is 0 Å². The van der Waals surface area contributed by atoms with Crippen molar-refractivity contribution < 1.29 is 4.74 Å². The van der Waals surface area contributed by atoms with E-state index >= 15 is 0 Å². The zero-order valence-electron chi connectivity index (χ0n) is 16.3. The van der Waals surface area contributed by atoms with E-state index < -0.39 is 0 Å². The zero-order chi connectivity index (χ0) is 17.8. The molecular formula is C19H33IN4O. The predicted molar refractivity (Wildman–Crippen MR) is 115 cm³/mol. The lowest BCUT2D eigenvalue weighted by Gasteiger charge is -2.59. The first-order valence-electron chi connectivity index (χ1n) is 8.84. The highest BCUT2D eigenvalue weighted by Gasteiger charge is 2.58. The number of nitrogens with zero attached hydrogens (tertiary/aromatic N) is 2. The molecule has 0 bridgehead atoms. The van der Waals surface area contributed by atoms with Gasteiger partial charge in [-0.2, -0.15) is 0 Å². The third kappa shape index (κ3) is 5.06. The number of ether oxygens (including phenoxy) is 1. The summed E-state index contributed by atoms with van der Waals surface area (Å²) in [7, 11) is 1.80. The van der Waals surface area contributed by atoms with Crippen LogP contribution in [0.4, 0.5) is 0 Å². The lowest BCUT2D eigenvalue weighted by Crippen LogP contribution is -2.69. The van der Waals surface area contributed by atoms with Crippen molar-refractivity contribution in [3.05, 3.63) is 29.6 Å². The van der Waals surface area contributed by atoms with Crippen molar-refractivity contribution in [2.45, 2.75) is 59.1 Å². The smallest absolute Gasteiger partial charge is 0.191 e. The van der Waals surface area contributed by atoms with E-state index in [0.29, 0.717) is 6.04 Å². The summed E-state index contributed by atoms with van der Waals surface area (Å²) in [4.78, 5) is 9.05. The van der Waals surface area contributed by atoms with E-state index in [1.165, 1.54) is 5.56 Å². The van der Waals surface area contributed by atoms with E-state index in [1.807, 2.05) is 19.2 Å². The molecule has 1 saturated carbocycles. The van der Waals surface area contributed by atoms with Crippen LogP contribution in [-0.2, 0) is 11.2 Å². The van der Waals surface area contributed by atoms with Gasteiger partial charge < -0.3 is 15.4 Å². The minimum absolute atomic E-state index is 0. The van der Waals surface area contributed by atoms with Gasteiger partial charge in [0.15, 0.2) is 5.96 Å². The number of aliphatic imine (C=N–C) groups is 1. The summed E-state index contributed by atoms with van der Waals surface area (Å²) >= 11 is 0. The number of pyridine rings is 1. The van der Waals surface area contributed by atoms with Gasteiger partial charge in [-0.1, -0.05) is 19.9 Å².